The quantitative estimate of drug-likeness (QED) is 0.128. The van der Waals surface area contributed by atoms with Crippen LogP contribution < -0.4 is 21.1 Å². The maximum atomic E-state index is 11.3. The number of aromatic hydroxyl groups is 1. The normalized spacial score (nSPS) is 25.9. The van der Waals surface area contributed by atoms with Gasteiger partial charge in [0.1, 0.15) is 12.4 Å². The monoisotopic (exact) mass is 746 g/mol. The van der Waals surface area contributed by atoms with Crippen molar-refractivity contribution < 1.29 is 24.4 Å². The van der Waals surface area contributed by atoms with E-state index in [4.69, 9.17) is 19.9 Å². The fraction of sp³-hybridized carbons (Fsp3) is 0.478. The zero-order valence-electron chi connectivity index (χ0n) is 32.5. The molecule has 0 amide bonds. The van der Waals surface area contributed by atoms with Gasteiger partial charge in [0.25, 0.3) is 0 Å². The van der Waals surface area contributed by atoms with Crippen molar-refractivity contribution in [1.82, 2.24) is 15.2 Å². The summed E-state index contributed by atoms with van der Waals surface area (Å²) in [7, 11) is 1.94. The zero-order chi connectivity index (χ0) is 37.9. The number of nitrogens with one attached hydrogen (secondary N) is 2. The van der Waals surface area contributed by atoms with Gasteiger partial charge in [0.05, 0.1) is 31.6 Å². The highest BCUT2D eigenvalue weighted by Gasteiger charge is 2.47. The van der Waals surface area contributed by atoms with Gasteiger partial charge < -0.3 is 45.4 Å². The zero-order valence-corrected chi connectivity index (χ0v) is 32.5. The van der Waals surface area contributed by atoms with E-state index in [9.17, 15) is 10.2 Å². The highest BCUT2D eigenvalue weighted by Crippen LogP contribution is 2.52. The summed E-state index contributed by atoms with van der Waals surface area (Å²) in [5, 5.41) is 31.4. The highest BCUT2D eigenvalue weighted by atomic mass is 16.5. The van der Waals surface area contributed by atoms with Gasteiger partial charge in [0.15, 0.2) is 11.5 Å². The number of aliphatic hydroxyl groups is 1. The van der Waals surface area contributed by atoms with E-state index in [1.807, 2.05) is 19.2 Å². The summed E-state index contributed by atoms with van der Waals surface area (Å²) >= 11 is 0. The van der Waals surface area contributed by atoms with E-state index >= 15 is 0 Å². The molecule has 4 aromatic rings. The first-order chi connectivity index (χ1) is 26.9. The number of aromatic nitrogens is 1. The van der Waals surface area contributed by atoms with Crippen molar-refractivity contribution in [2.45, 2.75) is 102 Å². The van der Waals surface area contributed by atoms with Crippen LogP contribution in [0.25, 0.3) is 16.6 Å². The fourth-order valence-electron chi connectivity index (χ4n) is 9.63. The van der Waals surface area contributed by atoms with Crippen LogP contribution in [0.15, 0.2) is 84.2 Å². The van der Waals surface area contributed by atoms with Crippen LogP contribution in [-0.2, 0) is 34.3 Å². The molecule has 8 rings (SSSR count). The highest BCUT2D eigenvalue weighted by molar-refractivity contribution is 5.88. The second-order valence-electron chi connectivity index (χ2n) is 16.2. The third-order valence-electron chi connectivity index (χ3n) is 12.6. The Morgan fingerprint density at radius 2 is 1.91 bits per heavy atom. The Hall–Kier alpha value is -4.12. The van der Waals surface area contributed by atoms with Crippen molar-refractivity contribution in [3.8, 4) is 11.5 Å². The van der Waals surface area contributed by atoms with Crippen LogP contribution in [-0.4, -0.2) is 66.6 Å². The summed E-state index contributed by atoms with van der Waals surface area (Å²) in [6.45, 7) is 4.99. The van der Waals surface area contributed by atoms with Crippen molar-refractivity contribution in [3.63, 3.8) is 0 Å². The molecule has 1 saturated heterocycles. The van der Waals surface area contributed by atoms with E-state index < -0.39 is 6.10 Å². The van der Waals surface area contributed by atoms with Crippen LogP contribution in [0.4, 0.5) is 0 Å². The minimum Gasteiger partial charge on any atom is -0.504 e. The number of nitrogens with two attached hydrogens (primary N) is 1. The molecule has 4 aliphatic rings. The first-order valence-electron chi connectivity index (χ1n) is 20.5. The summed E-state index contributed by atoms with van der Waals surface area (Å²) in [5.41, 5.74) is 14.9. The van der Waals surface area contributed by atoms with Crippen LogP contribution in [0, 0.1) is 5.92 Å². The number of aliphatic hydroxyl groups excluding tert-OH is 1. The number of likely N-dealkylation sites (N-methyl/N-ethyl adjacent to an activating group) is 1. The summed E-state index contributed by atoms with van der Waals surface area (Å²) in [4.78, 5) is 0. The maximum absolute atomic E-state index is 11.3. The number of dihydropyridines is 1. The Balaban J connectivity index is 1.29. The molecular weight excluding hydrogens is 689 g/mol. The predicted octanol–water partition coefficient (Wildman–Crippen LogP) is 7.06. The van der Waals surface area contributed by atoms with Crippen molar-refractivity contribution in [3.05, 3.63) is 112 Å². The molecule has 292 valence electrons. The Bertz CT molecular complexity index is 2050. The summed E-state index contributed by atoms with van der Waals surface area (Å²) in [6, 6.07) is 19.3. The van der Waals surface area contributed by atoms with Gasteiger partial charge >= 0.3 is 0 Å². The average Bonchev–Trinajstić information content (AvgIpc) is 3.64. The molecule has 0 radical (unpaired) electrons. The number of ether oxygens (including phenoxy) is 3. The van der Waals surface area contributed by atoms with E-state index in [-0.39, 0.29) is 30.0 Å². The summed E-state index contributed by atoms with van der Waals surface area (Å²) in [5.74, 6) is 1.81. The minimum absolute atomic E-state index is 0.0902. The van der Waals surface area contributed by atoms with Crippen LogP contribution in [0.3, 0.4) is 0 Å². The lowest BCUT2D eigenvalue weighted by Crippen LogP contribution is -2.47. The Morgan fingerprint density at radius 3 is 2.78 bits per heavy atom. The molecule has 55 heavy (non-hydrogen) atoms. The van der Waals surface area contributed by atoms with E-state index in [0.29, 0.717) is 50.7 Å². The molecule has 1 aliphatic carbocycles. The maximum Gasteiger partial charge on any atom is 0.161 e. The van der Waals surface area contributed by atoms with Crippen LogP contribution in [0.2, 0.25) is 0 Å². The van der Waals surface area contributed by atoms with Crippen molar-refractivity contribution in [2.75, 3.05) is 33.4 Å². The molecule has 1 aromatic heterocycles. The number of phenolic OH excluding ortho intramolecular Hbond substituents is 1. The Kier molecular flexibility index (Phi) is 11.4. The van der Waals surface area contributed by atoms with Gasteiger partial charge in [-0.15, -0.1) is 0 Å². The number of fused-ring (bicyclic) bond motifs is 7. The molecule has 3 aliphatic heterocycles. The van der Waals surface area contributed by atoms with E-state index in [1.165, 1.54) is 16.7 Å². The third-order valence-corrected chi connectivity index (χ3v) is 12.6. The summed E-state index contributed by atoms with van der Waals surface area (Å²) in [6.07, 6.45) is 14.7. The van der Waals surface area contributed by atoms with E-state index in [1.54, 1.807) is 6.07 Å². The third kappa shape index (κ3) is 7.70. The molecule has 6 N–H and O–H groups in total. The standard InChI is InChI=1S/C46H58N4O5/c1-3-4-5-9-39-23-38(51)15-11-30-12-16-42(52)43(19-30)55-27-34-22-37(46-17-18-53-29-36(46)14-13-31-8-6-7-10-41(31)46)21-33-25-50(26-40(33)34)45-35(28-54-39)20-32(24-48-2)44(47)49-45/h6-8,10,12,16,19-22,25-26,36,38-39,44,48-49,51-52H,3-5,9,11,13-15,17-18,23-24,27-29,47H2,1-2H3. The lowest BCUT2D eigenvalue weighted by Gasteiger charge is -2.49. The molecule has 0 saturated carbocycles. The molecule has 5 atom stereocenters. The number of phenols is 1. The van der Waals surface area contributed by atoms with Crippen LogP contribution >= 0.6 is 0 Å². The molecule has 9 heteroatoms. The SMILES string of the molecule is CCCCCC1CC(O)CCc2ccc(O)c(c2)OCc2cc(C34CCOCC3CCc3ccccc34)cc3cn(cc23)C2=C(C=C(CNC)C(N)N2)CO1. The predicted molar refractivity (Wildman–Crippen MR) is 218 cm³/mol. The van der Waals surface area contributed by atoms with Crippen molar-refractivity contribution in [1.29, 1.82) is 0 Å². The number of aryl methyl sites for hydroxylation is 2. The van der Waals surface area contributed by atoms with Gasteiger partial charge in [-0.1, -0.05) is 62.6 Å². The van der Waals surface area contributed by atoms with Gasteiger partial charge in [-0.05, 0) is 116 Å². The van der Waals surface area contributed by atoms with Crippen LogP contribution in [0.1, 0.15) is 86.1 Å². The molecule has 0 spiro atoms. The van der Waals surface area contributed by atoms with E-state index in [2.05, 4.69) is 77.0 Å². The number of hydrogen-bond acceptors (Lipinski definition) is 8. The number of nitrogens with zero attached hydrogens (tertiary/aromatic N) is 1. The van der Waals surface area contributed by atoms with Gasteiger partial charge in [0.2, 0.25) is 0 Å². The second-order valence-corrected chi connectivity index (χ2v) is 16.2. The van der Waals surface area contributed by atoms with Crippen molar-refractivity contribution >= 4 is 16.6 Å². The lowest BCUT2D eigenvalue weighted by molar-refractivity contribution is 0.00498. The first kappa shape index (κ1) is 37.8. The number of rotatable bonds is 7. The van der Waals surface area contributed by atoms with Crippen LogP contribution in [0.5, 0.6) is 11.5 Å². The number of unbranched alkanes of at least 4 members (excludes halogenated alkanes) is 2. The Morgan fingerprint density at radius 1 is 1.02 bits per heavy atom. The van der Waals surface area contributed by atoms with Gasteiger partial charge in [0, 0.05) is 47.3 Å². The minimum atomic E-state index is -0.522. The first-order valence-corrected chi connectivity index (χ1v) is 20.5. The Labute approximate surface area is 325 Å². The van der Waals surface area contributed by atoms with Gasteiger partial charge in [-0.25, -0.2) is 0 Å². The lowest BCUT2D eigenvalue weighted by atomic mass is 9.57. The number of hydrogen-bond donors (Lipinski definition) is 5. The van der Waals surface area contributed by atoms with Crippen molar-refractivity contribution in [2.24, 2.45) is 11.7 Å². The molecule has 5 unspecified atom stereocenters. The van der Waals surface area contributed by atoms with E-state index in [0.717, 1.165) is 90.4 Å². The number of benzene rings is 3. The smallest absolute Gasteiger partial charge is 0.161 e. The molecular formula is C46H58N4O5. The molecule has 9 nitrogen and oxygen atoms in total. The van der Waals surface area contributed by atoms with Gasteiger partial charge in [-0.2, -0.15) is 0 Å². The molecule has 1 fully saturated rings. The topological polar surface area (TPSA) is 123 Å². The summed E-state index contributed by atoms with van der Waals surface area (Å²) < 4.78 is 21.6. The molecule has 4 bridgehead atoms. The van der Waals surface area contributed by atoms with Gasteiger partial charge in [-0.3, -0.25) is 0 Å². The average molecular weight is 747 g/mol. The molecule has 4 heterocycles. The second kappa shape index (κ2) is 16.5. The molecule has 3 aromatic carbocycles. The fourth-order valence-corrected chi connectivity index (χ4v) is 9.63. The largest absolute Gasteiger partial charge is 0.504 e.